The molecule has 0 saturated heterocycles. The molecule has 4 nitrogen and oxygen atoms in total. The molecule has 0 radical (unpaired) electrons. The molecule has 0 aliphatic heterocycles. The Balaban J connectivity index is 1.90. The molecule has 2 atom stereocenters. The quantitative estimate of drug-likeness (QED) is 0.763. The normalized spacial score (nSPS) is 27.9. The maximum Gasteiger partial charge on any atom is 0.0829 e. The van der Waals surface area contributed by atoms with Gasteiger partial charge in [-0.05, 0) is 31.6 Å². The molecule has 1 saturated carbocycles. The third-order valence-electron chi connectivity index (χ3n) is 2.90. The summed E-state index contributed by atoms with van der Waals surface area (Å²) in [6.45, 7) is 0. The predicted octanol–water partition coefficient (Wildman–Crippen LogP) is 0.909. The molecular weight excluding hydrogens is 178 g/mol. The van der Waals surface area contributed by atoms with Gasteiger partial charge in [0.25, 0.3) is 0 Å². The monoisotopic (exact) mass is 195 g/mol. The summed E-state index contributed by atoms with van der Waals surface area (Å²) < 4.78 is 0. The highest BCUT2D eigenvalue weighted by Gasteiger charge is 2.21. The Hall–Kier alpha value is -0.900. The highest BCUT2D eigenvalue weighted by Crippen LogP contribution is 2.26. The summed E-state index contributed by atoms with van der Waals surface area (Å²) in [7, 11) is 1.83. The van der Waals surface area contributed by atoms with E-state index in [-0.39, 0.29) is 6.10 Å². The van der Waals surface area contributed by atoms with Crippen molar-refractivity contribution in [2.45, 2.75) is 38.2 Å². The van der Waals surface area contributed by atoms with Crippen LogP contribution in [0.2, 0.25) is 0 Å². The van der Waals surface area contributed by atoms with E-state index in [0.717, 1.165) is 31.4 Å². The Morgan fingerprint density at radius 1 is 1.57 bits per heavy atom. The maximum atomic E-state index is 9.52. The summed E-state index contributed by atoms with van der Waals surface area (Å²) in [5, 5.41) is 17.8. The fourth-order valence-electron chi connectivity index (χ4n) is 2.23. The van der Waals surface area contributed by atoms with Crippen molar-refractivity contribution in [2.24, 2.45) is 13.0 Å². The van der Waals surface area contributed by atoms with Crippen LogP contribution in [0, 0.1) is 5.92 Å². The zero-order chi connectivity index (χ0) is 9.97. The van der Waals surface area contributed by atoms with E-state index < -0.39 is 0 Å². The van der Waals surface area contributed by atoms with Gasteiger partial charge in [-0.2, -0.15) is 15.0 Å². The molecule has 1 fully saturated rings. The van der Waals surface area contributed by atoms with E-state index in [0.29, 0.717) is 5.92 Å². The first-order valence-electron chi connectivity index (χ1n) is 5.27. The summed E-state index contributed by atoms with van der Waals surface area (Å²) in [4.78, 5) is 1.59. The first kappa shape index (κ1) is 9.65. The van der Waals surface area contributed by atoms with E-state index in [2.05, 4.69) is 10.2 Å². The lowest BCUT2D eigenvalue weighted by molar-refractivity contribution is 0.101. The van der Waals surface area contributed by atoms with Gasteiger partial charge in [-0.1, -0.05) is 6.42 Å². The Morgan fingerprint density at radius 3 is 3.07 bits per heavy atom. The Bertz CT molecular complexity index is 297. The van der Waals surface area contributed by atoms with Crippen LogP contribution < -0.4 is 0 Å². The summed E-state index contributed by atoms with van der Waals surface area (Å²) in [5.41, 5.74) is 1.05. The van der Waals surface area contributed by atoms with Crippen LogP contribution >= 0.6 is 0 Å². The van der Waals surface area contributed by atoms with Crippen molar-refractivity contribution in [3.05, 3.63) is 11.9 Å². The molecule has 1 N–H and O–H groups in total. The van der Waals surface area contributed by atoms with Crippen LogP contribution in [0.25, 0.3) is 0 Å². The molecule has 1 aliphatic rings. The van der Waals surface area contributed by atoms with Crippen LogP contribution in [0.15, 0.2) is 6.20 Å². The van der Waals surface area contributed by atoms with Crippen LogP contribution in [-0.2, 0) is 13.5 Å². The Morgan fingerprint density at radius 2 is 2.43 bits per heavy atom. The van der Waals surface area contributed by atoms with Gasteiger partial charge >= 0.3 is 0 Å². The van der Waals surface area contributed by atoms with Crippen LogP contribution in [0.1, 0.15) is 31.4 Å². The highest BCUT2D eigenvalue weighted by molar-refractivity contribution is 4.94. The van der Waals surface area contributed by atoms with Crippen LogP contribution in [-0.4, -0.2) is 26.2 Å². The van der Waals surface area contributed by atoms with Crippen molar-refractivity contribution < 1.29 is 5.11 Å². The number of nitrogens with zero attached hydrogens (tertiary/aromatic N) is 3. The topological polar surface area (TPSA) is 50.9 Å². The number of aliphatic hydroxyl groups is 1. The van der Waals surface area contributed by atoms with Crippen molar-refractivity contribution >= 4 is 0 Å². The van der Waals surface area contributed by atoms with E-state index in [4.69, 9.17) is 0 Å². The smallest absolute Gasteiger partial charge is 0.0829 e. The standard InChI is InChI=1S/C10H17N3O/c1-13-11-7-9(12-13)5-8-3-2-4-10(14)6-8/h7-8,10,14H,2-6H2,1H3. The molecule has 1 aliphatic carbocycles. The van der Waals surface area contributed by atoms with Gasteiger partial charge in [-0.25, -0.2) is 0 Å². The second kappa shape index (κ2) is 4.09. The summed E-state index contributed by atoms with van der Waals surface area (Å²) >= 11 is 0. The molecular formula is C10H17N3O. The van der Waals surface area contributed by atoms with Crippen molar-refractivity contribution in [1.82, 2.24) is 15.0 Å². The number of rotatable bonds is 2. The van der Waals surface area contributed by atoms with Gasteiger partial charge in [-0.3, -0.25) is 0 Å². The minimum absolute atomic E-state index is 0.0922. The zero-order valence-corrected chi connectivity index (χ0v) is 8.56. The molecule has 2 unspecified atom stereocenters. The van der Waals surface area contributed by atoms with Crippen molar-refractivity contribution in [3.8, 4) is 0 Å². The van der Waals surface area contributed by atoms with E-state index in [1.807, 2.05) is 13.2 Å². The van der Waals surface area contributed by atoms with Crippen LogP contribution in [0.4, 0.5) is 0 Å². The molecule has 0 bridgehead atoms. The first-order valence-corrected chi connectivity index (χ1v) is 5.27. The highest BCUT2D eigenvalue weighted by atomic mass is 16.3. The first-order chi connectivity index (χ1) is 6.74. The lowest BCUT2D eigenvalue weighted by Crippen LogP contribution is -2.21. The van der Waals surface area contributed by atoms with Crippen LogP contribution in [0.3, 0.4) is 0 Å². The number of aliphatic hydroxyl groups excluding tert-OH is 1. The van der Waals surface area contributed by atoms with Gasteiger partial charge in [0.15, 0.2) is 0 Å². The lowest BCUT2D eigenvalue weighted by Gasteiger charge is -2.24. The molecule has 14 heavy (non-hydrogen) atoms. The van der Waals surface area contributed by atoms with Crippen molar-refractivity contribution in [2.75, 3.05) is 0 Å². The number of aromatic nitrogens is 3. The predicted molar refractivity (Wildman–Crippen MR) is 52.7 cm³/mol. The minimum Gasteiger partial charge on any atom is -0.393 e. The van der Waals surface area contributed by atoms with E-state index in [1.165, 1.54) is 6.42 Å². The zero-order valence-electron chi connectivity index (χ0n) is 8.56. The summed E-state index contributed by atoms with van der Waals surface area (Å²) in [6, 6.07) is 0. The minimum atomic E-state index is -0.0922. The van der Waals surface area contributed by atoms with Gasteiger partial charge in [-0.15, -0.1) is 0 Å². The fourth-order valence-corrected chi connectivity index (χ4v) is 2.23. The van der Waals surface area contributed by atoms with Gasteiger partial charge in [0.05, 0.1) is 18.0 Å². The Labute approximate surface area is 83.9 Å². The van der Waals surface area contributed by atoms with Gasteiger partial charge in [0.1, 0.15) is 0 Å². The molecule has 1 heterocycles. The van der Waals surface area contributed by atoms with Crippen molar-refractivity contribution in [3.63, 3.8) is 0 Å². The molecule has 2 rings (SSSR count). The third-order valence-corrected chi connectivity index (χ3v) is 2.90. The van der Waals surface area contributed by atoms with E-state index in [9.17, 15) is 5.11 Å². The molecule has 4 heteroatoms. The second-order valence-electron chi connectivity index (χ2n) is 4.22. The molecule has 1 aromatic rings. The number of aryl methyl sites for hydroxylation is 1. The largest absolute Gasteiger partial charge is 0.393 e. The molecule has 0 aromatic carbocycles. The maximum absolute atomic E-state index is 9.52. The van der Waals surface area contributed by atoms with Gasteiger partial charge in [0.2, 0.25) is 0 Å². The molecule has 78 valence electrons. The third kappa shape index (κ3) is 2.32. The summed E-state index contributed by atoms with van der Waals surface area (Å²) in [6.07, 6.45) is 6.95. The average molecular weight is 195 g/mol. The summed E-state index contributed by atoms with van der Waals surface area (Å²) in [5.74, 6) is 0.593. The number of hydrogen-bond donors (Lipinski definition) is 1. The molecule has 1 aromatic heterocycles. The Kier molecular flexibility index (Phi) is 2.82. The van der Waals surface area contributed by atoms with Gasteiger partial charge in [0, 0.05) is 7.05 Å². The van der Waals surface area contributed by atoms with E-state index >= 15 is 0 Å². The second-order valence-corrected chi connectivity index (χ2v) is 4.22. The SMILES string of the molecule is Cn1ncc(CC2CCCC(O)C2)n1. The molecule has 0 spiro atoms. The average Bonchev–Trinajstić information content (AvgIpc) is 2.51. The van der Waals surface area contributed by atoms with Crippen LogP contribution in [0.5, 0.6) is 0 Å². The number of hydrogen-bond acceptors (Lipinski definition) is 3. The fraction of sp³-hybridized carbons (Fsp3) is 0.800. The van der Waals surface area contributed by atoms with Gasteiger partial charge < -0.3 is 5.11 Å². The molecule has 0 amide bonds. The van der Waals surface area contributed by atoms with E-state index in [1.54, 1.807) is 4.80 Å². The lowest BCUT2D eigenvalue weighted by atomic mass is 9.84. The van der Waals surface area contributed by atoms with Crippen molar-refractivity contribution in [1.29, 1.82) is 0 Å².